The summed E-state index contributed by atoms with van der Waals surface area (Å²) in [5, 5.41) is 0. The van der Waals surface area contributed by atoms with E-state index in [1.54, 1.807) is 6.08 Å². The molecule has 3 rings (SSSR count). The minimum Gasteiger partial charge on any atom is -0.459 e. The highest BCUT2D eigenvalue weighted by Crippen LogP contribution is 2.36. The maximum absolute atomic E-state index is 12.5. The number of carbonyl (C=O) groups excluding carboxylic acids is 1. The van der Waals surface area contributed by atoms with Gasteiger partial charge in [0.05, 0.1) is 0 Å². The van der Waals surface area contributed by atoms with Gasteiger partial charge in [-0.2, -0.15) is 0 Å². The molecule has 27 heavy (non-hydrogen) atoms. The van der Waals surface area contributed by atoms with Crippen molar-refractivity contribution in [1.29, 1.82) is 0 Å². The Morgan fingerprint density at radius 1 is 1.19 bits per heavy atom. The summed E-state index contributed by atoms with van der Waals surface area (Å²) in [4.78, 5) is 12.5. The summed E-state index contributed by atoms with van der Waals surface area (Å²) < 4.78 is 5.90. The Morgan fingerprint density at radius 3 is 2.70 bits per heavy atom. The van der Waals surface area contributed by atoms with E-state index in [-0.39, 0.29) is 12.1 Å². The van der Waals surface area contributed by atoms with Crippen LogP contribution in [0.2, 0.25) is 0 Å². The average Bonchev–Trinajstić information content (AvgIpc) is 2.67. The SMILES string of the molecule is CC1CCC(C(C)C)C(OC(=O)C=CC2=CC=CCC2c2ccccc2)C1. The molecule has 1 aromatic carbocycles. The molecule has 1 fully saturated rings. The zero-order valence-corrected chi connectivity index (χ0v) is 16.8. The van der Waals surface area contributed by atoms with Gasteiger partial charge < -0.3 is 4.74 Å². The quantitative estimate of drug-likeness (QED) is 0.458. The zero-order chi connectivity index (χ0) is 19.2. The third-order valence-electron chi connectivity index (χ3n) is 6.04. The molecule has 2 nitrogen and oxygen atoms in total. The van der Waals surface area contributed by atoms with Crippen LogP contribution in [0.1, 0.15) is 57.9 Å². The van der Waals surface area contributed by atoms with E-state index in [2.05, 4.69) is 63.3 Å². The smallest absolute Gasteiger partial charge is 0.331 e. The van der Waals surface area contributed by atoms with E-state index in [0.717, 1.165) is 24.8 Å². The Hall–Kier alpha value is -2.09. The van der Waals surface area contributed by atoms with Gasteiger partial charge in [-0.3, -0.25) is 0 Å². The van der Waals surface area contributed by atoms with Crippen molar-refractivity contribution < 1.29 is 9.53 Å². The van der Waals surface area contributed by atoms with Crippen molar-refractivity contribution in [2.45, 2.75) is 58.5 Å². The van der Waals surface area contributed by atoms with Crippen LogP contribution in [0.5, 0.6) is 0 Å². The molecule has 0 spiro atoms. The van der Waals surface area contributed by atoms with E-state index in [9.17, 15) is 4.79 Å². The second kappa shape index (κ2) is 9.21. The van der Waals surface area contributed by atoms with Gasteiger partial charge >= 0.3 is 5.97 Å². The number of benzene rings is 1. The first-order chi connectivity index (χ1) is 13.0. The van der Waals surface area contributed by atoms with Gasteiger partial charge in [0, 0.05) is 12.0 Å². The summed E-state index contributed by atoms with van der Waals surface area (Å²) in [6, 6.07) is 10.5. The largest absolute Gasteiger partial charge is 0.459 e. The van der Waals surface area contributed by atoms with Crippen molar-refractivity contribution in [3.63, 3.8) is 0 Å². The summed E-state index contributed by atoms with van der Waals surface area (Å²) in [5.41, 5.74) is 2.45. The maximum Gasteiger partial charge on any atom is 0.331 e. The van der Waals surface area contributed by atoms with E-state index >= 15 is 0 Å². The molecule has 2 aliphatic carbocycles. The van der Waals surface area contributed by atoms with Crippen LogP contribution in [0.4, 0.5) is 0 Å². The van der Waals surface area contributed by atoms with Crippen molar-refractivity contribution in [1.82, 2.24) is 0 Å². The van der Waals surface area contributed by atoms with Crippen LogP contribution in [0, 0.1) is 17.8 Å². The van der Waals surface area contributed by atoms with E-state index in [4.69, 9.17) is 4.74 Å². The molecule has 2 heteroatoms. The van der Waals surface area contributed by atoms with Crippen molar-refractivity contribution in [2.24, 2.45) is 17.8 Å². The van der Waals surface area contributed by atoms with E-state index in [0.29, 0.717) is 23.7 Å². The van der Waals surface area contributed by atoms with Crippen LogP contribution in [0.3, 0.4) is 0 Å². The molecule has 1 saturated carbocycles. The number of rotatable bonds is 5. The number of allylic oxidation sites excluding steroid dienone is 5. The molecule has 0 heterocycles. The molecule has 0 radical (unpaired) electrons. The van der Waals surface area contributed by atoms with Gasteiger partial charge in [-0.15, -0.1) is 0 Å². The van der Waals surface area contributed by atoms with Gasteiger partial charge in [-0.1, -0.05) is 81.8 Å². The summed E-state index contributed by atoms with van der Waals surface area (Å²) in [7, 11) is 0. The molecule has 0 aliphatic heterocycles. The van der Waals surface area contributed by atoms with Gasteiger partial charge in [-0.25, -0.2) is 4.79 Å². The average molecular weight is 365 g/mol. The fourth-order valence-electron chi connectivity index (χ4n) is 4.43. The molecule has 0 amide bonds. The monoisotopic (exact) mass is 364 g/mol. The second-order valence-electron chi connectivity index (χ2n) is 8.43. The molecule has 1 aromatic rings. The van der Waals surface area contributed by atoms with E-state index in [1.165, 1.54) is 12.0 Å². The van der Waals surface area contributed by atoms with Crippen molar-refractivity contribution in [3.05, 3.63) is 71.8 Å². The zero-order valence-electron chi connectivity index (χ0n) is 16.8. The molecule has 0 N–H and O–H groups in total. The van der Waals surface area contributed by atoms with Crippen LogP contribution in [-0.2, 0) is 9.53 Å². The molecule has 0 bridgehead atoms. The fourth-order valence-corrected chi connectivity index (χ4v) is 4.43. The van der Waals surface area contributed by atoms with Crippen LogP contribution < -0.4 is 0 Å². The fraction of sp³-hybridized carbons (Fsp3) is 0.480. The lowest BCUT2D eigenvalue weighted by molar-refractivity contribution is -0.149. The summed E-state index contributed by atoms with van der Waals surface area (Å²) >= 11 is 0. The van der Waals surface area contributed by atoms with Crippen molar-refractivity contribution in [3.8, 4) is 0 Å². The van der Waals surface area contributed by atoms with E-state index < -0.39 is 0 Å². The summed E-state index contributed by atoms with van der Waals surface area (Å²) in [5.74, 6) is 1.76. The molecule has 4 atom stereocenters. The Bertz CT molecular complexity index is 711. The van der Waals surface area contributed by atoms with Gasteiger partial charge in [0.15, 0.2) is 0 Å². The number of hydrogen-bond acceptors (Lipinski definition) is 2. The van der Waals surface area contributed by atoms with Crippen LogP contribution in [0.15, 0.2) is 66.3 Å². The topological polar surface area (TPSA) is 26.3 Å². The number of esters is 1. The predicted molar refractivity (Wildman–Crippen MR) is 111 cm³/mol. The van der Waals surface area contributed by atoms with E-state index in [1.807, 2.05) is 12.1 Å². The summed E-state index contributed by atoms with van der Waals surface area (Å²) in [6.45, 7) is 6.73. The molecular formula is C25H32O2. The molecule has 0 aromatic heterocycles. The van der Waals surface area contributed by atoms with Crippen molar-refractivity contribution >= 4 is 5.97 Å². The van der Waals surface area contributed by atoms with Gasteiger partial charge in [-0.05, 0) is 48.2 Å². The lowest BCUT2D eigenvalue weighted by Gasteiger charge is -2.36. The Kier molecular flexibility index (Phi) is 6.71. The molecular weight excluding hydrogens is 332 g/mol. The van der Waals surface area contributed by atoms with Crippen LogP contribution in [-0.4, -0.2) is 12.1 Å². The highest BCUT2D eigenvalue weighted by molar-refractivity contribution is 5.82. The number of hydrogen-bond donors (Lipinski definition) is 0. The molecule has 0 saturated heterocycles. The first kappa shape index (κ1) is 19.7. The Morgan fingerprint density at radius 2 is 1.96 bits per heavy atom. The number of carbonyl (C=O) groups is 1. The predicted octanol–water partition coefficient (Wildman–Crippen LogP) is 6.22. The third kappa shape index (κ3) is 5.22. The Labute approximate surface area is 164 Å². The molecule has 144 valence electrons. The molecule has 4 unspecified atom stereocenters. The third-order valence-corrected chi connectivity index (χ3v) is 6.04. The Balaban J connectivity index is 1.66. The van der Waals surface area contributed by atoms with Gasteiger partial charge in [0.1, 0.15) is 6.10 Å². The van der Waals surface area contributed by atoms with Crippen LogP contribution >= 0.6 is 0 Å². The highest BCUT2D eigenvalue weighted by Gasteiger charge is 2.33. The second-order valence-corrected chi connectivity index (χ2v) is 8.43. The van der Waals surface area contributed by atoms with Crippen molar-refractivity contribution in [2.75, 3.05) is 0 Å². The van der Waals surface area contributed by atoms with Crippen LogP contribution in [0.25, 0.3) is 0 Å². The van der Waals surface area contributed by atoms with Gasteiger partial charge in [0.2, 0.25) is 0 Å². The minimum atomic E-state index is -0.206. The first-order valence-electron chi connectivity index (χ1n) is 10.3. The van der Waals surface area contributed by atoms with Gasteiger partial charge in [0.25, 0.3) is 0 Å². The lowest BCUT2D eigenvalue weighted by Crippen LogP contribution is -2.35. The lowest BCUT2D eigenvalue weighted by atomic mass is 9.75. The normalized spacial score (nSPS) is 28.4. The maximum atomic E-state index is 12.5. The standard InChI is InChI=1S/C25H32O2/c1-18(2)22-15-13-19(3)17-24(22)27-25(26)16-14-21-11-7-8-12-23(21)20-9-5-4-6-10-20/h4-11,14,16,18-19,22-24H,12-13,15,17H2,1-3H3. The number of ether oxygens (including phenoxy) is 1. The summed E-state index contributed by atoms with van der Waals surface area (Å²) in [6.07, 6.45) is 14.3. The first-order valence-corrected chi connectivity index (χ1v) is 10.3. The highest BCUT2D eigenvalue weighted by atomic mass is 16.5. The minimum absolute atomic E-state index is 0.0519. The molecule has 2 aliphatic rings.